The SMILES string of the molecule is NC(=O)c1c(N=Cc2ccc([N+](=O)[O-])c(O)c2)n[nH]c1Nc1ccccc1Cl. The number of nitrogens with zero attached hydrogens (tertiary/aromatic N) is 3. The van der Waals surface area contributed by atoms with E-state index < -0.39 is 22.3 Å². The molecule has 0 saturated heterocycles. The summed E-state index contributed by atoms with van der Waals surface area (Å²) in [6.45, 7) is 0. The Morgan fingerprint density at radius 2 is 2.11 bits per heavy atom. The second kappa shape index (κ2) is 7.76. The van der Waals surface area contributed by atoms with Crippen LogP contribution in [0.2, 0.25) is 5.02 Å². The molecule has 0 unspecified atom stereocenters. The molecule has 0 spiro atoms. The number of hydrogen-bond acceptors (Lipinski definition) is 7. The van der Waals surface area contributed by atoms with Crippen molar-refractivity contribution in [1.82, 2.24) is 10.2 Å². The Labute approximate surface area is 162 Å². The molecule has 0 fully saturated rings. The number of carbonyl (C=O) groups excluding carboxylic acids is 1. The highest BCUT2D eigenvalue weighted by Gasteiger charge is 2.19. The summed E-state index contributed by atoms with van der Waals surface area (Å²) >= 11 is 6.09. The number of nitrogens with one attached hydrogen (secondary N) is 2. The van der Waals surface area contributed by atoms with Crippen molar-refractivity contribution >= 4 is 46.7 Å². The number of nitro benzene ring substituents is 1. The first-order chi connectivity index (χ1) is 13.4. The number of halogens is 1. The van der Waals surface area contributed by atoms with Gasteiger partial charge in [-0.1, -0.05) is 23.7 Å². The Bertz CT molecular complexity index is 1100. The molecule has 1 aromatic heterocycles. The highest BCUT2D eigenvalue weighted by Crippen LogP contribution is 2.30. The zero-order valence-corrected chi connectivity index (χ0v) is 14.8. The van der Waals surface area contributed by atoms with Crippen molar-refractivity contribution < 1.29 is 14.8 Å². The smallest absolute Gasteiger partial charge is 0.310 e. The minimum absolute atomic E-state index is 0.0000962. The average Bonchev–Trinajstić information content (AvgIpc) is 3.04. The van der Waals surface area contributed by atoms with Gasteiger partial charge in [0, 0.05) is 12.3 Å². The normalized spacial score (nSPS) is 10.9. The summed E-state index contributed by atoms with van der Waals surface area (Å²) in [5.74, 6) is -1.08. The number of aromatic nitrogens is 2. The summed E-state index contributed by atoms with van der Waals surface area (Å²) in [5, 5.41) is 30.3. The van der Waals surface area contributed by atoms with Crippen LogP contribution in [0.3, 0.4) is 0 Å². The van der Waals surface area contributed by atoms with Gasteiger partial charge in [0.15, 0.2) is 11.6 Å². The summed E-state index contributed by atoms with van der Waals surface area (Å²) < 4.78 is 0. The lowest BCUT2D eigenvalue weighted by Gasteiger charge is -2.06. The predicted molar refractivity (Wildman–Crippen MR) is 104 cm³/mol. The van der Waals surface area contributed by atoms with Gasteiger partial charge in [0.2, 0.25) is 0 Å². The molecule has 1 amide bonds. The van der Waals surface area contributed by atoms with Gasteiger partial charge in [-0.25, -0.2) is 4.99 Å². The summed E-state index contributed by atoms with van der Waals surface area (Å²) in [6, 6.07) is 10.6. The Hall–Kier alpha value is -3.92. The van der Waals surface area contributed by atoms with E-state index in [1.807, 2.05) is 0 Å². The molecule has 0 aliphatic heterocycles. The first-order valence-corrected chi connectivity index (χ1v) is 8.16. The van der Waals surface area contributed by atoms with E-state index in [1.54, 1.807) is 24.3 Å². The van der Waals surface area contributed by atoms with Crippen molar-refractivity contribution in [2.45, 2.75) is 0 Å². The van der Waals surface area contributed by atoms with Crippen LogP contribution < -0.4 is 11.1 Å². The number of benzene rings is 2. The van der Waals surface area contributed by atoms with E-state index in [1.165, 1.54) is 18.3 Å². The number of nitrogens with two attached hydrogens (primary N) is 1. The van der Waals surface area contributed by atoms with Crippen LogP contribution in [0, 0.1) is 10.1 Å². The van der Waals surface area contributed by atoms with Crippen LogP contribution in [0.4, 0.5) is 23.0 Å². The third-order valence-electron chi connectivity index (χ3n) is 3.66. The predicted octanol–water partition coefficient (Wildman–Crippen LogP) is 3.27. The maximum absolute atomic E-state index is 11.9. The topological polar surface area (TPSA) is 160 Å². The van der Waals surface area contributed by atoms with E-state index in [0.29, 0.717) is 16.3 Å². The quantitative estimate of drug-likeness (QED) is 0.282. The van der Waals surface area contributed by atoms with Gasteiger partial charge in [0.25, 0.3) is 5.91 Å². The van der Waals surface area contributed by atoms with Gasteiger partial charge in [-0.2, -0.15) is 5.10 Å². The molecule has 0 aliphatic rings. The number of carbonyl (C=O) groups is 1. The maximum atomic E-state index is 11.9. The fourth-order valence-electron chi connectivity index (χ4n) is 2.36. The van der Waals surface area contributed by atoms with Crippen molar-refractivity contribution in [3.05, 3.63) is 68.7 Å². The average molecular weight is 401 g/mol. The van der Waals surface area contributed by atoms with Crippen LogP contribution in [0.15, 0.2) is 47.5 Å². The number of phenols is 1. The molecule has 0 radical (unpaired) electrons. The fourth-order valence-corrected chi connectivity index (χ4v) is 2.54. The number of nitro groups is 1. The van der Waals surface area contributed by atoms with Crippen molar-refractivity contribution in [3.8, 4) is 5.75 Å². The van der Waals surface area contributed by atoms with Crippen LogP contribution in [-0.4, -0.2) is 32.3 Å². The Morgan fingerprint density at radius 1 is 1.36 bits per heavy atom. The Morgan fingerprint density at radius 3 is 2.75 bits per heavy atom. The minimum atomic E-state index is -0.776. The van der Waals surface area contributed by atoms with Crippen molar-refractivity contribution in [2.24, 2.45) is 10.7 Å². The third kappa shape index (κ3) is 3.91. The van der Waals surface area contributed by atoms with Crippen molar-refractivity contribution in [3.63, 3.8) is 0 Å². The lowest BCUT2D eigenvalue weighted by molar-refractivity contribution is -0.385. The molecule has 10 nitrogen and oxygen atoms in total. The summed E-state index contributed by atoms with van der Waals surface area (Å²) in [7, 11) is 0. The number of H-pyrrole nitrogens is 1. The molecule has 0 saturated carbocycles. The maximum Gasteiger partial charge on any atom is 0.310 e. The van der Waals surface area contributed by atoms with Crippen molar-refractivity contribution in [2.75, 3.05) is 5.32 Å². The second-order valence-corrected chi connectivity index (χ2v) is 5.94. The van der Waals surface area contributed by atoms with E-state index in [0.717, 1.165) is 6.07 Å². The van der Waals surface area contributed by atoms with Crippen LogP contribution in [0.25, 0.3) is 0 Å². The summed E-state index contributed by atoms with van der Waals surface area (Å²) in [4.78, 5) is 26.0. The molecule has 0 aliphatic carbocycles. The number of aromatic amines is 1. The largest absolute Gasteiger partial charge is 0.502 e. The standard InChI is InChI=1S/C17H13ClN6O4/c18-10-3-1-2-4-11(10)21-17-14(15(19)26)16(22-23-17)20-8-9-5-6-12(24(27)28)13(25)7-9/h1-8,25H,(H2,19,26)(H2,21,22,23). The van der Waals surface area contributed by atoms with Gasteiger partial charge >= 0.3 is 5.69 Å². The molecule has 1 heterocycles. The molecule has 2 aromatic carbocycles. The van der Waals surface area contributed by atoms with Crippen LogP contribution in [0.1, 0.15) is 15.9 Å². The molecule has 11 heteroatoms. The highest BCUT2D eigenvalue weighted by atomic mass is 35.5. The zero-order valence-electron chi connectivity index (χ0n) is 14.1. The fraction of sp³-hybridized carbons (Fsp3) is 0. The molecule has 3 rings (SSSR count). The number of hydrogen-bond donors (Lipinski definition) is 4. The van der Waals surface area contributed by atoms with Crippen LogP contribution >= 0.6 is 11.6 Å². The van der Waals surface area contributed by atoms with Crippen LogP contribution in [0.5, 0.6) is 5.75 Å². The van der Waals surface area contributed by atoms with Crippen molar-refractivity contribution in [1.29, 1.82) is 0 Å². The molecule has 142 valence electrons. The van der Waals surface area contributed by atoms with E-state index in [4.69, 9.17) is 17.3 Å². The number of aliphatic imine (C=N–C) groups is 1. The monoisotopic (exact) mass is 400 g/mol. The van der Waals surface area contributed by atoms with E-state index >= 15 is 0 Å². The molecular weight excluding hydrogens is 388 g/mol. The van der Waals surface area contributed by atoms with Gasteiger partial charge in [-0.15, -0.1) is 0 Å². The number of phenolic OH excluding ortho intramolecular Hbond substituents is 1. The van der Waals surface area contributed by atoms with Gasteiger partial charge < -0.3 is 16.2 Å². The number of amides is 1. The minimum Gasteiger partial charge on any atom is -0.502 e. The first kappa shape index (κ1) is 18.9. The number of aromatic hydroxyl groups is 1. The number of rotatable bonds is 6. The molecule has 3 aromatic rings. The Balaban J connectivity index is 1.91. The molecule has 28 heavy (non-hydrogen) atoms. The number of primary amides is 1. The van der Waals surface area contributed by atoms with Gasteiger partial charge in [-0.05, 0) is 29.8 Å². The molecule has 5 N–H and O–H groups in total. The lowest BCUT2D eigenvalue weighted by Crippen LogP contribution is -2.12. The lowest BCUT2D eigenvalue weighted by atomic mass is 10.2. The first-order valence-electron chi connectivity index (χ1n) is 7.78. The van der Waals surface area contributed by atoms with E-state index in [2.05, 4.69) is 20.5 Å². The Kier molecular flexibility index (Phi) is 5.23. The third-order valence-corrected chi connectivity index (χ3v) is 3.99. The van der Waals surface area contributed by atoms with E-state index in [9.17, 15) is 20.0 Å². The van der Waals surface area contributed by atoms with E-state index in [-0.39, 0.29) is 17.2 Å². The zero-order chi connectivity index (χ0) is 20.3. The number of anilines is 2. The van der Waals surface area contributed by atoms with Crippen LogP contribution in [-0.2, 0) is 0 Å². The highest BCUT2D eigenvalue weighted by molar-refractivity contribution is 6.33. The number of para-hydroxylation sites is 1. The molecule has 0 bridgehead atoms. The summed E-state index contributed by atoms with van der Waals surface area (Å²) in [5.41, 5.74) is 5.91. The second-order valence-electron chi connectivity index (χ2n) is 5.53. The van der Waals surface area contributed by atoms with Gasteiger partial charge in [0.1, 0.15) is 11.4 Å². The summed E-state index contributed by atoms with van der Waals surface area (Å²) in [6.07, 6.45) is 1.28. The molecule has 0 atom stereocenters. The molecular formula is C17H13ClN6O4. The van der Waals surface area contributed by atoms with Gasteiger partial charge in [-0.3, -0.25) is 20.0 Å². The van der Waals surface area contributed by atoms with Gasteiger partial charge in [0.05, 0.1) is 15.6 Å².